The van der Waals surface area contributed by atoms with Gasteiger partial charge in [0, 0.05) is 47.8 Å². The molecule has 0 radical (unpaired) electrons. The molecule has 3 fully saturated rings. The van der Waals surface area contributed by atoms with Crippen LogP contribution in [0.15, 0.2) is 29.8 Å². The molecule has 0 spiro atoms. The molecule has 3 saturated heterocycles. The van der Waals surface area contributed by atoms with Crippen LogP contribution in [0.4, 0.5) is 0 Å². The molecule has 2 N–H and O–H groups in total. The summed E-state index contributed by atoms with van der Waals surface area (Å²) in [5.74, 6) is 1.81. The highest BCUT2D eigenvalue weighted by Gasteiger charge is 2.52. The molecule has 0 amide bonds. The van der Waals surface area contributed by atoms with Crippen molar-refractivity contribution in [2.24, 2.45) is 11.8 Å². The summed E-state index contributed by atoms with van der Waals surface area (Å²) < 4.78 is 5.38. The minimum absolute atomic E-state index is 0.293. The van der Waals surface area contributed by atoms with Crippen LogP contribution in [-0.2, 0) is 6.42 Å². The van der Waals surface area contributed by atoms with Crippen molar-refractivity contribution in [1.29, 1.82) is 0 Å². The molecule has 4 bridgehead atoms. The first-order chi connectivity index (χ1) is 11.7. The fourth-order valence-electron chi connectivity index (χ4n) is 5.48. The van der Waals surface area contributed by atoms with Crippen LogP contribution < -0.4 is 4.74 Å². The molecule has 4 heteroatoms. The molecule has 0 saturated carbocycles. The molecule has 2 aromatic rings. The van der Waals surface area contributed by atoms with E-state index in [0.29, 0.717) is 30.5 Å². The van der Waals surface area contributed by atoms with Crippen LogP contribution in [0.1, 0.15) is 30.6 Å². The van der Waals surface area contributed by atoms with Crippen LogP contribution in [0.3, 0.4) is 0 Å². The number of hydrogen-bond donors (Lipinski definition) is 2. The lowest BCUT2D eigenvalue weighted by Crippen LogP contribution is -2.60. The molecule has 4 aliphatic heterocycles. The molecule has 126 valence electrons. The Kier molecular flexibility index (Phi) is 3.10. The van der Waals surface area contributed by atoms with Gasteiger partial charge in [0.15, 0.2) is 0 Å². The first kappa shape index (κ1) is 14.6. The molecule has 6 rings (SSSR count). The van der Waals surface area contributed by atoms with Gasteiger partial charge in [-0.15, -0.1) is 0 Å². The third-order valence-corrected chi connectivity index (χ3v) is 6.63. The van der Waals surface area contributed by atoms with Gasteiger partial charge in [-0.25, -0.2) is 0 Å². The van der Waals surface area contributed by atoms with Crippen molar-refractivity contribution >= 4 is 10.9 Å². The highest BCUT2D eigenvalue weighted by atomic mass is 16.5. The Labute approximate surface area is 142 Å². The number of hydrogen-bond acceptors (Lipinski definition) is 3. The molecule has 4 aliphatic rings. The normalized spacial score (nSPS) is 35.5. The number of nitrogens with one attached hydrogen (secondary N) is 1. The van der Waals surface area contributed by atoms with Crippen LogP contribution in [0.25, 0.3) is 10.9 Å². The van der Waals surface area contributed by atoms with Crippen molar-refractivity contribution in [1.82, 2.24) is 9.88 Å². The molecule has 1 unspecified atom stereocenters. The number of aliphatic hydroxyl groups excluding tert-OH is 1. The summed E-state index contributed by atoms with van der Waals surface area (Å²) in [6.07, 6.45) is 4.43. The summed E-state index contributed by atoms with van der Waals surface area (Å²) in [4.78, 5) is 6.32. The zero-order valence-corrected chi connectivity index (χ0v) is 14.2. The predicted molar refractivity (Wildman–Crippen MR) is 94.2 cm³/mol. The number of rotatable bonds is 2. The van der Waals surface area contributed by atoms with Crippen LogP contribution in [-0.4, -0.2) is 41.3 Å². The summed E-state index contributed by atoms with van der Waals surface area (Å²) in [5, 5.41) is 11.4. The quantitative estimate of drug-likeness (QED) is 0.835. The predicted octanol–water partition coefficient (Wildman–Crippen LogP) is 3.03. The van der Waals surface area contributed by atoms with E-state index >= 15 is 0 Å². The molecular formula is C20H24N2O2. The Hall–Kier alpha value is -1.78. The Bertz CT molecular complexity index is 838. The number of benzene rings is 1. The molecule has 4 nitrogen and oxygen atoms in total. The Morgan fingerprint density at radius 1 is 1.42 bits per heavy atom. The molecule has 0 aliphatic carbocycles. The lowest BCUT2D eigenvalue weighted by molar-refractivity contribution is -0.0503. The van der Waals surface area contributed by atoms with E-state index in [2.05, 4.69) is 41.1 Å². The molecule has 24 heavy (non-hydrogen) atoms. The second-order valence-electron chi connectivity index (χ2n) is 7.44. The Morgan fingerprint density at radius 2 is 2.29 bits per heavy atom. The molecule has 5 heterocycles. The number of fused-ring (bicyclic) bond motifs is 4. The molecule has 1 aromatic heterocycles. The number of methoxy groups -OCH3 is 1. The average Bonchev–Trinajstić information content (AvgIpc) is 2.99. The maximum absolute atomic E-state index is 10.0. The summed E-state index contributed by atoms with van der Waals surface area (Å²) >= 11 is 0. The maximum atomic E-state index is 10.0. The second kappa shape index (κ2) is 5.11. The van der Waals surface area contributed by atoms with E-state index < -0.39 is 0 Å². The van der Waals surface area contributed by atoms with E-state index in [9.17, 15) is 5.11 Å². The van der Waals surface area contributed by atoms with Crippen molar-refractivity contribution in [3.63, 3.8) is 0 Å². The van der Waals surface area contributed by atoms with Crippen molar-refractivity contribution in [2.45, 2.75) is 31.8 Å². The lowest BCUT2D eigenvalue weighted by atomic mass is 9.64. The summed E-state index contributed by atoms with van der Waals surface area (Å²) in [6, 6.07) is 7.27. The van der Waals surface area contributed by atoms with Crippen LogP contribution in [0.2, 0.25) is 0 Å². The van der Waals surface area contributed by atoms with Crippen molar-refractivity contribution < 1.29 is 9.84 Å². The number of piperidine rings is 3. The van der Waals surface area contributed by atoms with E-state index in [4.69, 9.17) is 4.74 Å². The van der Waals surface area contributed by atoms with Gasteiger partial charge in [-0.2, -0.15) is 0 Å². The van der Waals surface area contributed by atoms with E-state index in [1.54, 1.807) is 7.11 Å². The first-order valence-electron chi connectivity index (χ1n) is 8.95. The second-order valence-corrected chi connectivity index (χ2v) is 7.44. The fourth-order valence-corrected chi connectivity index (χ4v) is 5.48. The minimum Gasteiger partial charge on any atom is -0.497 e. The van der Waals surface area contributed by atoms with Gasteiger partial charge in [0.25, 0.3) is 0 Å². The lowest BCUT2D eigenvalue weighted by Gasteiger charge is -2.58. The van der Waals surface area contributed by atoms with Crippen molar-refractivity contribution in [3.05, 3.63) is 41.1 Å². The van der Waals surface area contributed by atoms with Gasteiger partial charge in [-0.3, -0.25) is 4.90 Å². The van der Waals surface area contributed by atoms with E-state index in [-0.39, 0.29) is 0 Å². The monoisotopic (exact) mass is 324 g/mol. The van der Waals surface area contributed by atoms with Gasteiger partial charge in [-0.1, -0.05) is 11.6 Å². The third-order valence-electron chi connectivity index (χ3n) is 6.63. The van der Waals surface area contributed by atoms with E-state index in [1.807, 2.05) is 0 Å². The fraction of sp³-hybridized carbons (Fsp3) is 0.500. The number of aromatic amines is 1. The maximum Gasteiger partial charge on any atom is 0.120 e. The van der Waals surface area contributed by atoms with E-state index in [0.717, 1.165) is 25.1 Å². The smallest absolute Gasteiger partial charge is 0.120 e. The molecule has 5 atom stereocenters. The van der Waals surface area contributed by atoms with Gasteiger partial charge in [0.05, 0.1) is 13.2 Å². The topological polar surface area (TPSA) is 48.5 Å². The molecular weight excluding hydrogens is 300 g/mol. The Morgan fingerprint density at radius 3 is 3.04 bits per heavy atom. The first-order valence-corrected chi connectivity index (χ1v) is 8.95. The minimum atomic E-state index is 0.293. The van der Waals surface area contributed by atoms with Gasteiger partial charge in [0.1, 0.15) is 5.75 Å². The van der Waals surface area contributed by atoms with Gasteiger partial charge in [-0.05, 0) is 43.4 Å². The summed E-state index contributed by atoms with van der Waals surface area (Å²) in [5.41, 5.74) is 5.55. The SMILES string of the molecule is C/C=C1/CN2[C@H]3C[C@H]1[C@H](CO)[C@@H]2Cc1c3[nH]c2cc(OC)ccc12. The van der Waals surface area contributed by atoms with Gasteiger partial charge in [0.2, 0.25) is 0 Å². The third kappa shape index (κ3) is 1.76. The number of ether oxygens (including phenoxy) is 1. The van der Waals surface area contributed by atoms with Gasteiger partial charge >= 0.3 is 0 Å². The number of nitrogens with zero attached hydrogens (tertiary/aromatic N) is 1. The summed E-state index contributed by atoms with van der Waals surface area (Å²) in [6.45, 7) is 3.49. The average molecular weight is 324 g/mol. The van der Waals surface area contributed by atoms with Crippen LogP contribution in [0, 0.1) is 11.8 Å². The van der Waals surface area contributed by atoms with Crippen molar-refractivity contribution in [3.8, 4) is 5.75 Å². The number of H-pyrrole nitrogens is 1. The largest absolute Gasteiger partial charge is 0.497 e. The Balaban J connectivity index is 1.65. The zero-order chi connectivity index (χ0) is 16.4. The highest BCUT2D eigenvalue weighted by molar-refractivity contribution is 5.86. The number of aliphatic hydroxyl groups is 1. The highest BCUT2D eigenvalue weighted by Crippen LogP contribution is 2.54. The van der Waals surface area contributed by atoms with Gasteiger partial charge < -0.3 is 14.8 Å². The number of allylic oxidation sites excluding steroid dienone is 1. The van der Waals surface area contributed by atoms with E-state index in [1.165, 1.54) is 27.7 Å². The zero-order valence-electron chi connectivity index (χ0n) is 14.2. The number of aromatic nitrogens is 1. The summed E-state index contributed by atoms with van der Waals surface area (Å²) in [7, 11) is 1.71. The van der Waals surface area contributed by atoms with Crippen molar-refractivity contribution in [2.75, 3.05) is 20.3 Å². The molecule has 1 aromatic carbocycles. The standard InChI is InChI=1S/C20H24N2O2/c1-3-11-9-22-18-8-15-13-5-4-12(24-2)6-17(13)21-20(15)19(22)7-14(11)16(18)10-23/h3-6,14,16,18-19,21,23H,7-10H2,1-2H3/b11-3-/t14-,16+,18+,19+/m1/s1. The van der Waals surface area contributed by atoms with Crippen LogP contribution in [0.5, 0.6) is 5.75 Å². The van der Waals surface area contributed by atoms with Crippen LogP contribution >= 0.6 is 0 Å².